The van der Waals surface area contributed by atoms with E-state index in [-0.39, 0.29) is 11.6 Å². The Bertz CT molecular complexity index is 408. The van der Waals surface area contributed by atoms with Crippen LogP contribution < -0.4 is 5.73 Å². The van der Waals surface area contributed by atoms with Gasteiger partial charge in [0.2, 0.25) is 0 Å². The van der Waals surface area contributed by atoms with Gasteiger partial charge in [0.05, 0.1) is 0 Å². The summed E-state index contributed by atoms with van der Waals surface area (Å²) in [7, 11) is 2.04. The molecule has 19 heavy (non-hydrogen) atoms. The number of thioether (sulfide) groups is 1. The van der Waals surface area contributed by atoms with E-state index in [9.17, 15) is 8.78 Å². The summed E-state index contributed by atoms with van der Waals surface area (Å²) in [6, 6.07) is 7.14. The summed E-state index contributed by atoms with van der Waals surface area (Å²) >= 11 is 1.94. The third-order valence-corrected chi connectivity index (χ3v) is 4.89. The lowest BCUT2D eigenvalue weighted by Gasteiger charge is -2.32. The summed E-state index contributed by atoms with van der Waals surface area (Å²) in [5.41, 5.74) is 6.83. The molecule has 0 aromatic heterocycles. The van der Waals surface area contributed by atoms with Gasteiger partial charge in [0.1, 0.15) is 0 Å². The highest BCUT2D eigenvalue weighted by molar-refractivity contribution is 7.99. The van der Waals surface area contributed by atoms with Crippen molar-refractivity contribution in [2.75, 3.05) is 25.1 Å². The third-order valence-electron chi connectivity index (χ3n) is 3.74. The average Bonchev–Trinajstić information content (AvgIpc) is 2.93. The second-order valence-corrected chi connectivity index (χ2v) is 6.06. The van der Waals surface area contributed by atoms with Crippen molar-refractivity contribution in [1.29, 1.82) is 0 Å². The second kappa shape index (κ2) is 6.68. The van der Waals surface area contributed by atoms with E-state index in [1.165, 1.54) is 11.8 Å². The Morgan fingerprint density at radius 3 is 2.74 bits per heavy atom. The highest BCUT2D eigenvalue weighted by Crippen LogP contribution is 2.30. The first-order chi connectivity index (χ1) is 9.13. The molecule has 1 saturated heterocycles. The topological polar surface area (TPSA) is 29.3 Å². The molecule has 1 aromatic rings. The molecule has 106 valence electrons. The maximum Gasteiger partial charge on any atom is 0.263 e. The number of nitrogens with zero attached hydrogens (tertiary/aromatic N) is 1. The molecule has 2 rings (SSSR count). The van der Waals surface area contributed by atoms with Crippen molar-refractivity contribution in [2.24, 2.45) is 5.73 Å². The highest BCUT2D eigenvalue weighted by atomic mass is 32.2. The van der Waals surface area contributed by atoms with Gasteiger partial charge in [0.25, 0.3) is 6.43 Å². The van der Waals surface area contributed by atoms with Gasteiger partial charge in [-0.1, -0.05) is 18.2 Å². The Morgan fingerprint density at radius 2 is 2.16 bits per heavy atom. The quantitative estimate of drug-likeness (QED) is 0.902. The van der Waals surface area contributed by atoms with E-state index >= 15 is 0 Å². The van der Waals surface area contributed by atoms with E-state index in [1.54, 1.807) is 12.1 Å². The number of halogens is 2. The fraction of sp³-hybridized carbons (Fsp3) is 0.571. The number of benzene rings is 1. The van der Waals surface area contributed by atoms with Crippen molar-refractivity contribution in [1.82, 2.24) is 4.90 Å². The van der Waals surface area contributed by atoms with Crippen molar-refractivity contribution in [3.63, 3.8) is 0 Å². The predicted molar refractivity (Wildman–Crippen MR) is 76.7 cm³/mol. The van der Waals surface area contributed by atoms with Crippen molar-refractivity contribution in [3.05, 3.63) is 35.4 Å². The maximum atomic E-state index is 12.8. The molecule has 5 heteroatoms. The lowest BCUT2D eigenvalue weighted by atomic mass is 10.0. The van der Waals surface area contributed by atoms with Crippen LogP contribution in [0.15, 0.2) is 24.3 Å². The van der Waals surface area contributed by atoms with Crippen LogP contribution in [0.3, 0.4) is 0 Å². The number of hydrogen-bond donors (Lipinski definition) is 1. The van der Waals surface area contributed by atoms with Crippen LogP contribution >= 0.6 is 11.8 Å². The second-order valence-electron chi connectivity index (χ2n) is 4.91. The Kier molecular flexibility index (Phi) is 5.19. The summed E-state index contributed by atoms with van der Waals surface area (Å²) in [4.78, 5) is 2.24. The van der Waals surface area contributed by atoms with Gasteiger partial charge in [0.15, 0.2) is 0 Å². The molecule has 0 aliphatic carbocycles. The van der Waals surface area contributed by atoms with E-state index in [2.05, 4.69) is 4.90 Å². The van der Waals surface area contributed by atoms with Crippen LogP contribution in [0.5, 0.6) is 0 Å². The van der Waals surface area contributed by atoms with E-state index in [0.717, 1.165) is 17.7 Å². The van der Waals surface area contributed by atoms with Gasteiger partial charge in [-0.3, -0.25) is 4.90 Å². The Balaban J connectivity index is 2.18. The molecule has 1 heterocycles. The molecular weight excluding hydrogens is 266 g/mol. The Labute approximate surface area is 117 Å². The molecule has 1 fully saturated rings. The van der Waals surface area contributed by atoms with E-state index in [1.807, 2.05) is 24.9 Å². The number of rotatable bonds is 5. The molecule has 1 aliphatic heterocycles. The van der Waals surface area contributed by atoms with E-state index < -0.39 is 6.43 Å². The lowest BCUT2D eigenvalue weighted by Crippen LogP contribution is -2.38. The summed E-state index contributed by atoms with van der Waals surface area (Å²) < 4.78 is 25.5. The molecule has 0 radical (unpaired) electrons. The van der Waals surface area contributed by atoms with Gasteiger partial charge >= 0.3 is 0 Å². The monoisotopic (exact) mass is 286 g/mol. The van der Waals surface area contributed by atoms with Gasteiger partial charge in [0, 0.05) is 29.9 Å². The predicted octanol–water partition coefficient (Wildman–Crippen LogP) is 3.06. The van der Waals surface area contributed by atoms with Gasteiger partial charge < -0.3 is 5.73 Å². The van der Waals surface area contributed by atoms with Gasteiger partial charge in [-0.15, -0.1) is 0 Å². The zero-order valence-electron chi connectivity index (χ0n) is 11.1. The number of likely N-dealkylation sites (N-methyl/N-ethyl adjacent to an activating group) is 1. The molecule has 2 N–H and O–H groups in total. The van der Waals surface area contributed by atoms with Gasteiger partial charge in [-0.25, -0.2) is 8.78 Å². The van der Waals surface area contributed by atoms with Crippen LogP contribution in [-0.4, -0.2) is 36.0 Å². The van der Waals surface area contributed by atoms with Crippen LogP contribution in [0.2, 0.25) is 0 Å². The Hall–Kier alpha value is -0.650. The lowest BCUT2D eigenvalue weighted by molar-refractivity contribution is 0.150. The summed E-state index contributed by atoms with van der Waals surface area (Å²) in [5, 5.41) is 0. The molecule has 2 nitrogen and oxygen atoms in total. The maximum absolute atomic E-state index is 12.8. The smallest absolute Gasteiger partial charge is 0.263 e. The molecule has 0 amide bonds. The third kappa shape index (κ3) is 3.46. The minimum Gasteiger partial charge on any atom is -0.329 e. The highest BCUT2D eigenvalue weighted by Gasteiger charge is 2.26. The minimum atomic E-state index is -2.43. The van der Waals surface area contributed by atoms with Crippen LogP contribution in [0.1, 0.15) is 30.0 Å². The van der Waals surface area contributed by atoms with Crippen molar-refractivity contribution in [2.45, 2.75) is 24.9 Å². The van der Waals surface area contributed by atoms with Crippen LogP contribution in [0.4, 0.5) is 8.78 Å². The SMILES string of the molecule is CN(C1CCSC1)C(CN)c1cccc(C(F)F)c1. The number of alkyl halides is 2. The van der Waals surface area contributed by atoms with Crippen molar-refractivity contribution >= 4 is 11.8 Å². The fourth-order valence-electron chi connectivity index (χ4n) is 2.54. The Morgan fingerprint density at radius 1 is 1.42 bits per heavy atom. The first kappa shape index (κ1) is 14.8. The fourth-order valence-corrected chi connectivity index (χ4v) is 3.82. The molecule has 1 aliphatic rings. The van der Waals surface area contributed by atoms with E-state index in [4.69, 9.17) is 5.73 Å². The molecule has 0 spiro atoms. The molecule has 0 saturated carbocycles. The van der Waals surface area contributed by atoms with Crippen LogP contribution in [-0.2, 0) is 0 Å². The van der Waals surface area contributed by atoms with Crippen molar-refractivity contribution < 1.29 is 8.78 Å². The standard InChI is InChI=1S/C14H20F2N2S/c1-18(12-5-6-19-9-12)13(8-17)10-3-2-4-11(7-10)14(15)16/h2-4,7,12-14H,5-6,8-9,17H2,1H3. The largest absolute Gasteiger partial charge is 0.329 e. The zero-order chi connectivity index (χ0) is 13.8. The molecule has 0 bridgehead atoms. The van der Waals surface area contributed by atoms with Gasteiger partial charge in [-0.05, 0) is 30.9 Å². The van der Waals surface area contributed by atoms with Gasteiger partial charge in [-0.2, -0.15) is 11.8 Å². The molecule has 1 aromatic carbocycles. The molecule has 2 unspecified atom stereocenters. The number of hydrogen-bond acceptors (Lipinski definition) is 3. The van der Waals surface area contributed by atoms with Crippen molar-refractivity contribution in [3.8, 4) is 0 Å². The summed E-state index contributed by atoms with van der Waals surface area (Å²) in [5.74, 6) is 2.27. The minimum absolute atomic E-state index is 0.0161. The average molecular weight is 286 g/mol. The molecular formula is C14H20F2N2S. The zero-order valence-corrected chi connectivity index (χ0v) is 11.9. The molecule has 2 atom stereocenters. The normalized spacial score (nSPS) is 21.3. The van der Waals surface area contributed by atoms with Crippen LogP contribution in [0.25, 0.3) is 0 Å². The first-order valence-corrected chi connectivity index (χ1v) is 7.66. The number of nitrogens with two attached hydrogens (primary N) is 1. The van der Waals surface area contributed by atoms with E-state index in [0.29, 0.717) is 12.6 Å². The first-order valence-electron chi connectivity index (χ1n) is 6.51. The summed E-state index contributed by atoms with van der Waals surface area (Å²) in [6.45, 7) is 0.449. The van der Waals surface area contributed by atoms with Crippen LogP contribution in [0, 0.1) is 0 Å². The summed E-state index contributed by atoms with van der Waals surface area (Å²) in [6.07, 6.45) is -1.28.